The lowest BCUT2D eigenvalue weighted by atomic mass is 10.1. The number of unbranched alkanes of at least 4 members (excludes halogenated alkanes) is 1. The number of nitrogens with zero attached hydrogens (tertiary/aromatic N) is 1. The first kappa shape index (κ1) is 13.0. The zero-order valence-electron chi connectivity index (χ0n) is 9.96. The molecule has 0 aliphatic heterocycles. The van der Waals surface area contributed by atoms with Gasteiger partial charge in [0.15, 0.2) is 0 Å². The Morgan fingerprint density at radius 3 is 2.50 bits per heavy atom. The van der Waals surface area contributed by atoms with Crippen molar-refractivity contribution in [2.45, 2.75) is 33.1 Å². The molecule has 86 valence electrons. The van der Waals surface area contributed by atoms with E-state index in [9.17, 15) is 0 Å². The first-order chi connectivity index (χ1) is 7.63. The molecule has 0 saturated carbocycles. The van der Waals surface area contributed by atoms with Crippen LogP contribution in [0.5, 0.6) is 0 Å². The maximum atomic E-state index is 5.83. The molecule has 2 heteroatoms. The lowest BCUT2D eigenvalue weighted by Crippen LogP contribution is -1.92. The summed E-state index contributed by atoms with van der Waals surface area (Å²) in [6.07, 6.45) is 3.42. The zero-order valence-corrected chi connectivity index (χ0v) is 10.7. The molecule has 0 bridgehead atoms. The van der Waals surface area contributed by atoms with Crippen LogP contribution in [-0.2, 0) is 0 Å². The molecule has 0 fully saturated rings. The van der Waals surface area contributed by atoms with Gasteiger partial charge in [-0.25, -0.2) is 0 Å². The number of hydrogen-bond acceptors (Lipinski definition) is 1. The standard InChI is InChI=1S/C14H18ClN/c1-4-5-6-11(2)16-12(3)13-7-9-14(15)10-8-13/h7-10H,3-6H2,1-2H3. The molecular formula is C14H18ClN. The molecule has 0 amide bonds. The smallest absolute Gasteiger partial charge is 0.0629 e. The Hall–Kier alpha value is -1.08. The summed E-state index contributed by atoms with van der Waals surface area (Å²) in [6.45, 7) is 8.21. The van der Waals surface area contributed by atoms with Gasteiger partial charge in [-0.15, -0.1) is 0 Å². The molecule has 1 aromatic rings. The molecule has 0 saturated heterocycles. The summed E-state index contributed by atoms with van der Waals surface area (Å²) < 4.78 is 0. The second-order valence-corrected chi connectivity index (χ2v) is 4.34. The molecule has 1 aromatic carbocycles. The van der Waals surface area contributed by atoms with E-state index in [0.29, 0.717) is 0 Å². The fourth-order valence-electron chi connectivity index (χ4n) is 1.43. The van der Waals surface area contributed by atoms with E-state index in [1.54, 1.807) is 0 Å². The van der Waals surface area contributed by atoms with Crippen LogP contribution in [0.25, 0.3) is 5.70 Å². The van der Waals surface area contributed by atoms with Gasteiger partial charge in [0, 0.05) is 10.7 Å². The van der Waals surface area contributed by atoms with Gasteiger partial charge in [0.25, 0.3) is 0 Å². The SMILES string of the molecule is C=C(N=C(C)CCCC)c1ccc(Cl)cc1. The van der Waals surface area contributed by atoms with Crippen LogP contribution in [0.3, 0.4) is 0 Å². The molecule has 1 nitrogen and oxygen atoms in total. The van der Waals surface area contributed by atoms with Crippen molar-refractivity contribution in [2.24, 2.45) is 4.99 Å². The highest BCUT2D eigenvalue weighted by molar-refractivity contribution is 6.30. The minimum atomic E-state index is 0.739. The van der Waals surface area contributed by atoms with Gasteiger partial charge in [-0.05, 0) is 37.5 Å². The van der Waals surface area contributed by atoms with E-state index < -0.39 is 0 Å². The van der Waals surface area contributed by atoms with Crippen LogP contribution in [0.4, 0.5) is 0 Å². The molecule has 16 heavy (non-hydrogen) atoms. The van der Waals surface area contributed by atoms with E-state index in [1.165, 1.54) is 12.8 Å². The van der Waals surface area contributed by atoms with Crippen molar-refractivity contribution in [3.8, 4) is 0 Å². The lowest BCUT2D eigenvalue weighted by Gasteiger charge is -2.03. The van der Waals surface area contributed by atoms with Gasteiger partial charge in [-0.3, -0.25) is 4.99 Å². The first-order valence-electron chi connectivity index (χ1n) is 5.62. The highest BCUT2D eigenvalue weighted by Crippen LogP contribution is 2.17. The topological polar surface area (TPSA) is 12.4 Å². The molecule has 0 aliphatic carbocycles. The second kappa shape index (κ2) is 6.49. The summed E-state index contributed by atoms with van der Waals surface area (Å²) in [7, 11) is 0. The van der Waals surface area contributed by atoms with Crippen molar-refractivity contribution in [1.29, 1.82) is 0 Å². The predicted octanol–water partition coefficient (Wildman–Crippen LogP) is 4.96. The third-order valence-corrected chi connectivity index (χ3v) is 2.65. The van der Waals surface area contributed by atoms with Crippen LogP contribution in [0.15, 0.2) is 35.8 Å². The molecule has 0 atom stereocenters. The van der Waals surface area contributed by atoms with Gasteiger partial charge in [-0.2, -0.15) is 0 Å². The molecule has 0 aliphatic rings. The Labute approximate surface area is 103 Å². The van der Waals surface area contributed by atoms with Crippen molar-refractivity contribution in [2.75, 3.05) is 0 Å². The average molecular weight is 236 g/mol. The van der Waals surface area contributed by atoms with Crippen LogP contribution in [0, 0.1) is 0 Å². The Bertz CT molecular complexity index is 376. The molecule has 0 spiro atoms. The maximum absolute atomic E-state index is 5.83. The van der Waals surface area contributed by atoms with E-state index in [2.05, 4.69) is 25.4 Å². The van der Waals surface area contributed by atoms with Crippen LogP contribution < -0.4 is 0 Å². The molecule has 0 N–H and O–H groups in total. The number of hydrogen-bond donors (Lipinski definition) is 0. The largest absolute Gasteiger partial charge is 0.258 e. The Kier molecular flexibility index (Phi) is 5.27. The van der Waals surface area contributed by atoms with E-state index in [4.69, 9.17) is 11.6 Å². The van der Waals surface area contributed by atoms with E-state index in [1.807, 2.05) is 24.3 Å². The Morgan fingerprint density at radius 1 is 1.31 bits per heavy atom. The second-order valence-electron chi connectivity index (χ2n) is 3.90. The van der Waals surface area contributed by atoms with Crippen molar-refractivity contribution in [3.63, 3.8) is 0 Å². The van der Waals surface area contributed by atoms with Crippen molar-refractivity contribution < 1.29 is 0 Å². The van der Waals surface area contributed by atoms with Gasteiger partial charge < -0.3 is 0 Å². The number of benzene rings is 1. The minimum Gasteiger partial charge on any atom is -0.258 e. The Morgan fingerprint density at radius 2 is 1.94 bits per heavy atom. The highest BCUT2D eigenvalue weighted by Gasteiger charge is 1.98. The summed E-state index contributed by atoms with van der Waals surface area (Å²) in [6, 6.07) is 7.61. The third-order valence-electron chi connectivity index (χ3n) is 2.40. The van der Waals surface area contributed by atoms with Crippen LogP contribution in [0.2, 0.25) is 5.02 Å². The summed E-state index contributed by atoms with van der Waals surface area (Å²) in [5.41, 5.74) is 2.98. The van der Waals surface area contributed by atoms with E-state index in [0.717, 1.165) is 28.4 Å². The minimum absolute atomic E-state index is 0.739. The zero-order chi connectivity index (χ0) is 12.0. The molecule has 0 aromatic heterocycles. The predicted molar refractivity (Wildman–Crippen MR) is 73.1 cm³/mol. The highest BCUT2D eigenvalue weighted by atomic mass is 35.5. The Balaban J connectivity index is 2.67. The van der Waals surface area contributed by atoms with Crippen molar-refractivity contribution in [3.05, 3.63) is 41.4 Å². The van der Waals surface area contributed by atoms with Gasteiger partial charge >= 0.3 is 0 Å². The van der Waals surface area contributed by atoms with Crippen LogP contribution in [-0.4, -0.2) is 5.71 Å². The lowest BCUT2D eigenvalue weighted by molar-refractivity contribution is 0.833. The summed E-state index contributed by atoms with van der Waals surface area (Å²) >= 11 is 5.83. The molecular weight excluding hydrogens is 218 g/mol. The van der Waals surface area contributed by atoms with Gasteiger partial charge in [-0.1, -0.05) is 43.7 Å². The van der Waals surface area contributed by atoms with Gasteiger partial charge in [0.2, 0.25) is 0 Å². The summed E-state index contributed by atoms with van der Waals surface area (Å²) in [5.74, 6) is 0. The fourth-order valence-corrected chi connectivity index (χ4v) is 1.55. The first-order valence-corrected chi connectivity index (χ1v) is 6.00. The van der Waals surface area contributed by atoms with Crippen molar-refractivity contribution in [1.82, 2.24) is 0 Å². The summed E-state index contributed by atoms with van der Waals surface area (Å²) in [4.78, 5) is 4.49. The number of aliphatic imine (C=N–C) groups is 1. The molecule has 0 radical (unpaired) electrons. The van der Waals surface area contributed by atoms with E-state index in [-0.39, 0.29) is 0 Å². The monoisotopic (exact) mass is 235 g/mol. The normalized spacial score (nSPS) is 11.6. The van der Waals surface area contributed by atoms with Gasteiger partial charge in [0.1, 0.15) is 0 Å². The molecule has 1 rings (SSSR count). The number of rotatable bonds is 5. The fraction of sp³-hybridized carbons (Fsp3) is 0.357. The van der Waals surface area contributed by atoms with E-state index >= 15 is 0 Å². The molecule has 0 unspecified atom stereocenters. The summed E-state index contributed by atoms with van der Waals surface area (Å²) in [5, 5.41) is 0.739. The van der Waals surface area contributed by atoms with Crippen LogP contribution >= 0.6 is 11.6 Å². The van der Waals surface area contributed by atoms with Crippen LogP contribution in [0.1, 0.15) is 38.7 Å². The van der Waals surface area contributed by atoms with Crippen molar-refractivity contribution >= 4 is 23.0 Å². The maximum Gasteiger partial charge on any atom is 0.0629 e. The molecule has 0 heterocycles. The average Bonchev–Trinajstić information content (AvgIpc) is 2.27. The number of halogens is 1. The quantitative estimate of drug-likeness (QED) is 0.640. The van der Waals surface area contributed by atoms with Gasteiger partial charge in [0.05, 0.1) is 5.70 Å². The third kappa shape index (κ3) is 4.19.